The van der Waals surface area contributed by atoms with Gasteiger partial charge in [-0.1, -0.05) is 0 Å². The zero-order chi connectivity index (χ0) is 12.4. The topological polar surface area (TPSA) is 53.5 Å². The molecule has 4 heteroatoms. The molecule has 1 saturated carbocycles. The van der Waals surface area contributed by atoms with E-state index in [1.807, 2.05) is 24.3 Å². The van der Waals surface area contributed by atoms with E-state index in [1.165, 1.54) is 0 Å². The van der Waals surface area contributed by atoms with Crippen LogP contribution in [-0.4, -0.2) is 24.8 Å². The van der Waals surface area contributed by atoms with Crippen molar-refractivity contribution in [1.29, 1.82) is 0 Å². The third kappa shape index (κ3) is 2.53. The van der Waals surface area contributed by atoms with Gasteiger partial charge in [0.2, 0.25) is 5.91 Å². The molecule has 2 N–H and O–H groups in total. The van der Waals surface area contributed by atoms with Crippen molar-refractivity contribution in [1.82, 2.24) is 5.32 Å². The summed E-state index contributed by atoms with van der Waals surface area (Å²) < 4.78 is 0. The van der Waals surface area contributed by atoms with Gasteiger partial charge < -0.3 is 10.6 Å². The van der Waals surface area contributed by atoms with Gasteiger partial charge in [0.25, 0.3) is 0 Å². The van der Waals surface area contributed by atoms with Gasteiger partial charge in [0.1, 0.15) is 5.84 Å². The summed E-state index contributed by atoms with van der Waals surface area (Å²) in [6.45, 7) is 1.88. The Morgan fingerprint density at radius 1 is 1.28 bits per heavy atom. The van der Waals surface area contributed by atoms with E-state index in [0.717, 1.165) is 49.4 Å². The molecule has 0 bridgehead atoms. The minimum atomic E-state index is 0.149. The van der Waals surface area contributed by atoms with Crippen molar-refractivity contribution < 1.29 is 4.79 Å². The number of hydrogen-bond acceptors (Lipinski definition) is 3. The summed E-state index contributed by atoms with van der Waals surface area (Å²) in [5.74, 6) is 1.35. The summed E-state index contributed by atoms with van der Waals surface area (Å²) >= 11 is 0. The molecule has 94 valence electrons. The smallest absolute Gasteiger partial charge is 0.227 e. The monoisotopic (exact) mass is 243 g/mol. The molecule has 1 fully saturated rings. The number of anilines is 1. The molecule has 2 aliphatic rings. The van der Waals surface area contributed by atoms with Crippen molar-refractivity contribution in [3.05, 3.63) is 29.8 Å². The fourth-order valence-electron chi connectivity index (χ4n) is 2.03. The van der Waals surface area contributed by atoms with Gasteiger partial charge in [-0.2, -0.15) is 0 Å². The maximum Gasteiger partial charge on any atom is 0.227 e. The van der Waals surface area contributed by atoms with Crippen LogP contribution in [0.3, 0.4) is 0 Å². The molecular formula is C14H17N3O. The number of nitrogens with one attached hydrogen (secondary N) is 2. The first kappa shape index (κ1) is 11.3. The van der Waals surface area contributed by atoms with Crippen LogP contribution in [-0.2, 0) is 4.79 Å². The van der Waals surface area contributed by atoms with Gasteiger partial charge in [-0.25, -0.2) is 0 Å². The first-order valence-corrected chi connectivity index (χ1v) is 6.52. The molecule has 3 rings (SSSR count). The number of carbonyl (C=O) groups excluding carboxylic acids is 1. The molecule has 1 aliphatic heterocycles. The Bertz CT molecular complexity index is 474. The number of amidine groups is 1. The molecule has 1 heterocycles. The number of amides is 1. The molecule has 0 spiro atoms. The van der Waals surface area contributed by atoms with Gasteiger partial charge in [0, 0.05) is 30.3 Å². The number of carbonyl (C=O) groups is 1. The molecule has 1 aliphatic carbocycles. The minimum Gasteiger partial charge on any atom is -0.370 e. The van der Waals surface area contributed by atoms with Crippen molar-refractivity contribution in [2.75, 3.05) is 18.4 Å². The molecule has 0 saturated heterocycles. The van der Waals surface area contributed by atoms with Gasteiger partial charge in [-0.15, -0.1) is 0 Å². The predicted octanol–water partition coefficient (Wildman–Crippen LogP) is 1.78. The third-order valence-corrected chi connectivity index (χ3v) is 3.27. The predicted molar refractivity (Wildman–Crippen MR) is 71.8 cm³/mol. The molecule has 0 radical (unpaired) electrons. The Morgan fingerprint density at radius 3 is 2.67 bits per heavy atom. The van der Waals surface area contributed by atoms with Crippen molar-refractivity contribution in [3.8, 4) is 0 Å². The molecular weight excluding hydrogens is 226 g/mol. The second kappa shape index (κ2) is 4.80. The van der Waals surface area contributed by atoms with E-state index in [4.69, 9.17) is 0 Å². The van der Waals surface area contributed by atoms with Crippen LogP contribution in [0.5, 0.6) is 0 Å². The standard InChI is InChI=1S/C14H17N3O/c18-14(11-2-3-11)17-12-6-4-10(5-7-12)13-15-8-1-9-16-13/h4-7,11H,1-3,8-9H2,(H,15,16)(H,17,18). The van der Waals surface area contributed by atoms with E-state index in [0.29, 0.717) is 0 Å². The fraction of sp³-hybridized carbons (Fsp3) is 0.429. The molecule has 0 aromatic heterocycles. The minimum absolute atomic E-state index is 0.149. The molecule has 18 heavy (non-hydrogen) atoms. The number of hydrogen-bond donors (Lipinski definition) is 2. The second-order valence-electron chi connectivity index (χ2n) is 4.85. The lowest BCUT2D eigenvalue weighted by atomic mass is 10.1. The van der Waals surface area contributed by atoms with Crippen LogP contribution in [0.2, 0.25) is 0 Å². The molecule has 1 aromatic rings. The SMILES string of the molecule is O=C(Nc1ccc(C2=NCCCN2)cc1)C1CC1. The molecule has 0 atom stereocenters. The number of aliphatic imine (C=N–C) groups is 1. The van der Waals surface area contributed by atoms with Crippen LogP contribution >= 0.6 is 0 Å². The lowest BCUT2D eigenvalue weighted by Crippen LogP contribution is -2.30. The summed E-state index contributed by atoms with van der Waals surface area (Å²) in [5, 5.41) is 6.22. The zero-order valence-corrected chi connectivity index (χ0v) is 10.3. The summed E-state index contributed by atoms with van der Waals surface area (Å²) in [7, 11) is 0. The van der Waals surface area contributed by atoms with Crippen LogP contribution in [0.15, 0.2) is 29.3 Å². The van der Waals surface area contributed by atoms with E-state index in [9.17, 15) is 4.79 Å². The van der Waals surface area contributed by atoms with Crippen LogP contribution in [0.4, 0.5) is 5.69 Å². The van der Waals surface area contributed by atoms with Crippen LogP contribution in [0, 0.1) is 5.92 Å². The van der Waals surface area contributed by atoms with Crippen LogP contribution in [0.25, 0.3) is 0 Å². The van der Waals surface area contributed by atoms with Crippen molar-refractivity contribution in [2.45, 2.75) is 19.3 Å². The van der Waals surface area contributed by atoms with Crippen molar-refractivity contribution in [3.63, 3.8) is 0 Å². The van der Waals surface area contributed by atoms with Crippen LogP contribution < -0.4 is 10.6 Å². The fourth-order valence-corrected chi connectivity index (χ4v) is 2.03. The van der Waals surface area contributed by atoms with Gasteiger partial charge in [-0.05, 0) is 43.5 Å². The van der Waals surface area contributed by atoms with E-state index in [1.54, 1.807) is 0 Å². The van der Waals surface area contributed by atoms with E-state index < -0.39 is 0 Å². The highest BCUT2D eigenvalue weighted by atomic mass is 16.2. The third-order valence-electron chi connectivity index (χ3n) is 3.27. The lowest BCUT2D eigenvalue weighted by molar-refractivity contribution is -0.117. The maximum atomic E-state index is 11.6. The Labute approximate surface area is 106 Å². The van der Waals surface area contributed by atoms with E-state index in [2.05, 4.69) is 15.6 Å². The zero-order valence-electron chi connectivity index (χ0n) is 10.3. The molecule has 1 amide bonds. The van der Waals surface area contributed by atoms with E-state index >= 15 is 0 Å². The van der Waals surface area contributed by atoms with Gasteiger partial charge in [0.05, 0.1) is 0 Å². The van der Waals surface area contributed by atoms with Crippen molar-refractivity contribution in [2.24, 2.45) is 10.9 Å². The van der Waals surface area contributed by atoms with Gasteiger partial charge in [0.15, 0.2) is 0 Å². The van der Waals surface area contributed by atoms with Gasteiger partial charge in [-0.3, -0.25) is 9.79 Å². The Morgan fingerprint density at radius 2 is 2.06 bits per heavy atom. The Hall–Kier alpha value is -1.84. The molecule has 0 unspecified atom stereocenters. The normalized spacial score (nSPS) is 18.8. The quantitative estimate of drug-likeness (QED) is 0.850. The summed E-state index contributed by atoms with van der Waals surface area (Å²) in [6.07, 6.45) is 3.16. The van der Waals surface area contributed by atoms with Gasteiger partial charge >= 0.3 is 0 Å². The molecule has 4 nitrogen and oxygen atoms in total. The Kier molecular flexibility index (Phi) is 3.00. The highest BCUT2D eigenvalue weighted by Gasteiger charge is 2.29. The number of nitrogens with zero attached hydrogens (tertiary/aromatic N) is 1. The first-order valence-electron chi connectivity index (χ1n) is 6.52. The summed E-state index contributed by atoms with van der Waals surface area (Å²) in [5.41, 5.74) is 1.95. The highest BCUT2D eigenvalue weighted by Crippen LogP contribution is 2.30. The molecule has 1 aromatic carbocycles. The average Bonchev–Trinajstić information content (AvgIpc) is 3.25. The Balaban J connectivity index is 1.68. The number of benzene rings is 1. The van der Waals surface area contributed by atoms with Crippen molar-refractivity contribution >= 4 is 17.4 Å². The van der Waals surface area contributed by atoms with Crippen LogP contribution in [0.1, 0.15) is 24.8 Å². The lowest BCUT2D eigenvalue weighted by Gasteiger charge is -2.15. The van der Waals surface area contributed by atoms with E-state index in [-0.39, 0.29) is 11.8 Å². The average molecular weight is 243 g/mol. The maximum absolute atomic E-state index is 11.6. The number of rotatable bonds is 3. The first-order chi connectivity index (χ1) is 8.83. The highest BCUT2D eigenvalue weighted by molar-refractivity contribution is 6.00. The summed E-state index contributed by atoms with van der Waals surface area (Å²) in [4.78, 5) is 16.1. The largest absolute Gasteiger partial charge is 0.370 e. The summed E-state index contributed by atoms with van der Waals surface area (Å²) in [6, 6.07) is 7.88. The second-order valence-corrected chi connectivity index (χ2v) is 4.85.